The van der Waals surface area contributed by atoms with Crippen molar-refractivity contribution in [3.8, 4) is 0 Å². The number of nitrogens with zero attached hydrogens (tertiary/aromatic N) is 1. The first-order valence-electron chi connectivity index (χ1n) is 6.75. The minimum Gasteiger partial charge on any atom is -0.396 e. The lowest BCUT2D eigenvalue weighted by Crippen LogP contribution is -2.47. The van der Waals surface area contributed by atoms with E-state index in [-0.39, 0.29) is 18.4 Å². The van der Waals surface area contributed by atoms with Crippen molar-refractivity contribution in [2.45, 2.75) is 12.5 Å². The Bertz CT molecular complexity index is 624. The van der Waals surface area contributed by atoms with E-state index in [1.807, 2.05) is 29.6 Å². The summed E-state index contributed by atoms with van der Waals surface area (Å²) in [5, 5.41) is 22.0. The second kappa shape index (κ2) is 5.52. The summed E-state index contributed by atoms with van der Waals surface area (Å²) in [5.41, 5.74) is 0.709. The Balaban J connectivity index is 1.83. The fourth-order valence-corrected chi connectivity index (χ4v) is 3.63. The molecule has 0 spiro atoms. The fraction of sp³-hybridized carbons (Fsp3) is 0.400. The quantitative estimate of drug-likeness (QED) is 0.885. The van der Waals surface area contributed by atoms with Crippen molar-refractivity contribution >= 4 is 27.3 Å². The van der Waals surface area contributed by atoms with E-state index in [2.05, 4.69) is 0 Å². The molecule has 2 heterocycles. The zero-order chi connectivity index (χ0) is 14.1. The van der Waals surface area contributed by atoms with Crippen LogP contribution in [0.15, 0.2) is 29.6 Å². The molecular weight excluding hydrogens is 274 g/mol. The van der Waals surface area contributed by atoms with E-state index in [0.717, 1.165) is 10.1 Å². The molecule has 20 heavy (non-hydrogen) atoms. The standard InChI is InChI=1S/C15H17NO3S/c17-8-10-5-6-16(7-13(10)18)15(19)12-9-20-14-4-2-1-3-11(12)14/h1-4,9-10,13,17-18H,5-8H2. The van der Waals surface area contributed by atoms with Gasteiger partial charge in [0.25, 0.3) is 5.91 Å². The average molecular weight is 291 g/mol. The summed E-state index contributed by atoms with van der Waals surface area (Å²) in [4.78, 5) is 14.3. The Kier molecular flexibility index (Phi) is 3.74. The second-order valence-electron chi connectivity index (χ2n) is 5.20. The molecular formula is C15H17NO3S. The highest BCUT2D eigenvalue weighted by atomic mass is 32.1. The fourth-order valence-electron chi connectivity index (χ4n) is 2.69. The van der Waals surface area contributed by atoms with Crippen LogP contribution < -0.4 is 0 Å². The van der Waals surface area contributed by atoms with E-state index in [1.165, 1.54) is 0 Å². The molecule has 2 atom stereocenters. The summed E-state index contributed by atoms with van der Waals surface area (Å²) in [6.45, 7) is 0.865. The predicted molar refractivity (Wildman–Crippen MR) is 78.9 cm³/mol. The highest BCUT2D eigenvalue weighted by Crippen LogP contribution is 2.28. The lowest BCUT2D eigenvalue weighted by atomic mass is 9.94. The molecule has 1 amide bonds. The van der Waals surface area contributed by atoms with Crippen molar-refractivity contribution in [2.75, 3.05) is 19.7 Å². The van der Waals surface area contributed by atoms with Crippen LogP contribution in [0.2, 0.25) is 0 Å². The van der Waals surface area contributed by atoms with Crippen LogP contribution in [-0.4, -0.2) is 46.8 Å². The highest BCUT2D eigenvalue weighted by molar-refractivity contribution is 7.17. The first kappa shape index (κ1) is 13.5. The van der Waals surface area contributed by atoms with E-state index in [0.29, 0.717) is 25.1 Å². The Hall–Kier alpha value is -1.43. The van der Waals surface area contributed by atoms with Crippen LogP contribution in [0.25, 0.3) is 10.1 Å². The van der Waals surface area contributed by atoms with Gasteiger partial charge in [0.15, 0.2) is 0 Å². The lowest BCUT2D eigenvalue weighted by molar-refractivity contribution is 0.000969. The van der Waals surface area contributed by atoms with Gasteiger partial charge in [-0.15, -0.1) is 11.3 Å². The summed E-state index contributed by atoms with van der Waals surface area (Å²) in [5.74, 6) is -0.142. The predicted octanol–water partition coefficient (Wildman–Crippen LogP) is 1.72. The van der Waals surface area contributed by atoms with Gasteiger partial charge in [-0.3, -0.25) is 4.79 Å². The summed E-state index contributed by atoms with van der Waals surface area (Å²) >= 11 is 1.56. The summed E-state index contributed by atoms with van der Waals surface area (Å²) < 4.78 is 1.10. The maximum Gasteiger partial charge on any atom is 0.255 e. The van der Waals surface area contributed by atoms with Crippen LogP contribution in [0.4, 0.5) is 0 Å². The van der Waals surface area contributed by atoms with Crippen LogP contribution >= 0.6 is 11.3 Å². The first-order valence-corrected chi connectivity index (χ1v) is 7.63. The number of piperidine rings is 1. The summed E-state index contributed by atoms with van der Waals surface area (Å²) in [6, 6.07) is 7.85. The Morgan fingerprint density at radius 2 is 2.20 bits per heavy atom. The minimum absolute atomic E-state index is 0.0232. The maximum atomic E-state index is 12.6. The van der Waals surface area contributed by atoms with E-state index in [4.69, 9.17) is 5.11 Å². The van der Waals surface area contributed by atoms with E-state index in [1.54, 1.807) is 16.2 Å². The molecule has 2 N–H and O–H groups in total. The number of carbonyl (C=O) groups is 1. The summed E-state index contributed by atoms with van der Waals surface area (Å²) in [7, 11) is 0. The molecule has 1 aromatic heterocycles. The number of likely N-dealkylation sites (tertiary alicyclic amines) is 1. The normalized spacial score (nSPS) is 23.2. The smallest absolute Gasteiger partial charge is 0.255 e. The molecule has 0 radical (unpaired) electrons. The molecule has 106 valence electrons. The molecule has 1 aliphatic heterocycles. The van der Waals surface area contributed by atoms with Crippen LogP contribution in [0.3, 0.4) is 0 Å². The van der Waals surface area contributed by atoms with Crippen molar-refractivity contribution < 1.29 is 15.0 Å². The largest absolute Gasteiger partial charge is 0.396 e. The lowest BCUT2D eigenvalue weighted by Gasteiger charge is -2.35. The third-order valence-corrected chi connectivity index (χ3v) is 4.92. The molecule has 2 unspecified atom stereocenters. The van der Waals surface area contributed by atoms with E-state index >= 15 is 0 Å². The SMILES string of the molecule is O=C(c1csc2ccccc12)N1CCC(CO)C(O)C1. The number of aliphatic hydroxyl groups excluding tert-OH is 2. The number of benzene rings is 1. The van der Waals surface area contributed by atoms with Crippen LogP contribution in [0, 0.1) is 5.92 Å². The van der Waals surface area contributed by atoms with Crippen LogP contribution in [0.5, 0.6) is 0 Å². The van der Waals surface area contributed by atoms with Crippen molar-refractivity contribution in [3.63, 3.8) is 0 Å². The monoisotopic (exact) mass is 291 g/mol. The van der Waals surface area contributed by atoms with Gasteiger partial charge in [0.1, 0.15) is 0 Å². The summed E-state index contributed by atoms with van der Waals surface area (Å²) in [6.07, 6.45) is 0.00784. The van der Waals surface area contributed by atoms with E-state index < -0.39 is 6.10 Å². The number of rotatable bonds is 2. The first-order chi connectivity index (χ1) is 9.70. The molecule has 1 aromatic carbocycles. The zero-order valence-electron chi connectivity index (χ0n) is 11.0. The van der Waals surface area contributed by atoms with Crippen LogP contribution in [0.1, 0.15) is 16.8 Å². The number of aliphatic hydroxyl groups is 2. The average Bonchev–Trinajstić information content (AvgIpc) is 2.90. The maximum absolute atomic E-state index is 12.6. The number of β-amino-alcohol motifs (C(OH)–C–C–N with tert-alkyl or cyclic N) is 1. The van der Waals surface area contributed by atoms with Crippen LogP contribution in [-0.2, 0) is 0 Å². The number of amides is 1. The number of hydrogen-bond donors (Lipinski definition) is 2. The molecule has 0 bridgehead atoms. The highest BCUT2D eigenvalue weighted by Gasteiger charge is 2.30. The molecule has 3 rings (SSSR count). The van der Waals surface area contributed by atoms with Gasteiger partial charge in [0.2, 0.25) is 0 Å². The van der Waals surface area contributed by atoms with Gasteiger partial charge in [-0.05, 0) is 12.5 Å². The molecule has 1 aliphatic rings. The van der Waals surface area contributed by atoms with Gasteiger partial charge >= 0.3 is 0 Å². The number of fused-ring (bicyclic) bond motifs is 1. The number of thiophene rings is 1. The van der Waals surface area contributed by atoms with Crippen molar-refractivity contribution in [2.24, 2.45) is 5.92 Å². The Morgan fingerprint density at radius 1 is 1.40 bits per heavy atom. The van der Waals surface area contributed by atoms with Crippen molar-refractivity contribution in [1.82, 2.24) is 4.90 Å². The van der Waals surface area contributed by atoms with Gasteiger partial charge in [0, 0.05) is 41.1 Å². The molecule has 1 saturated heterocycles. The van der Waals surface area contributed by atoms with Gasteiger partial charge in [0.05, 0.1) is 11.7 Å². The Labute approximate surface area is 121 Å². The van der Waals surface area contributed by atoms with Crippen molar-refractivity contribution in [3.05, 3.63) is 35.2 Å². The second-order valence-corrected chi connectivity index (χ2v) is 6.11. The zero-order valence-corrected chi connectivity index (χ0v) is 11.8. The van der Waals surface area contributed by atoms with Gasteiger partial charge in [-0.2, -0.15) is 0 Å². The van der Waals surface area contributed by atoms with Gasteiger partial charge in [-0.1, -0.05) is 18.2 Å². The molecule has 5 heteroatoms. The molecule has 1 fully saturated rings. The molecule has 0 aliphatic carbocycles. The minimum atomic E-state index is -0.636. The topological polar surface area (TPSA) is 60.8 Å². The third-order valence-electron chi connectivity index (χ3n) is 3.95. The molecule has 0 saturated carbocycles. The van der Waals surface area contributed by atoms with Gasteiger partial charge < -0.3 is 15.1 Å². The number of carbonyl (C=O) groups excluding carboxylic acids is 1. The molecule has 4 nitrogen and oxygen atoms in total. The van der Waals surface area contributed by atoms with Gasteiger partial charge in [-0.25, -0.2) is 0 Å². The molecule has 2 aromatic rings. The number of hydrogen-bond acceptors (Lipinski definition) is 4. The Morgan fingerprint density at radius 3 is 2.95 bits per heavy atom. The van der Waals surface area contributed by atoms with Crippen molar-refractivity contribution in [1.29, 1.82) is 0 Å². The third kappa shape index (κ3) is 2.32. The van der Waals surface area contributed by atoms with E-state index in [9.17, 15) is 9.90 Å².